The summed E-state index contributed by atoms with van der Waals surface area (Å²) in [5.41, 5.74) is 5.82. The third kappa shape index (κ3) is 6.41. The van der Waals surface area contributed by atoms with Crippen LogP contribution >= 0.6 is 0 Å². The molecule has 0 unspecified atom stereocenters. The fourth-order valence-corrected chi connectivity index (χ4v) is 9.12. The Bertz CT molecular complexity index is 399. The quantitative estimate of drug-likeness (QED) is 0.523. The third-order valence-corrected chi connectivity index (χ3v) is 11.1. The Labute approximate surface area is 140 Å². The van der Waals surface area contributed by atoms with E-state index < -0.39 is 16.4 Å². The van der Waals surface area contributed by atoms with Crippen molar-refractivity contribution in [2.45, 2.75) is 77.8 Å². The maximum atomic E-state index is 9.48. The second kappa shape index (κ2) is 9.07. The molecule has 0 aromatic carbocycles. The van der Waals surface area contributed by atoms with Gasteiger partial charge in [0, 0.05) is 5.57 Å². The smallest absolute Gasteiger partial charge is 0.200 e. The average Bonchev–Trinajstić information content (AvgIpc) is 2.35. The van der Waals surface area contributed by atoms with Crippen molar-refractivity contribution in [2.24, 2.45) is 0 Å². The van der Waals surface area contributed by atoms with Crippen LogP contribution in [0.15, 0.2) is 11.6 Å². The maximum Gasteiger partial charge on any atom is 0.200 e. The van der Waals surface area contributed by atoms with Crippen molar-refractivity contribution < 1.29 is 9.53 Å². The average molecular weight is 341 g/mol. The molecule has 0 heterocycles. The van der Waals surface area contributed by atoms with Crippen LogP contribution in [0.3, 0.4) is 0 Å². The summed E-state index contributed by atoms with van der Waals surface area (Å²) >= 11 is 0. The van der Waals surface area contributed by atoms with Gasteiger partial charge in [-0.05, 0) is 22.7 Å². The van der Waals surface area contributed by atoms with E-state index in [-0.39, 0.29) is 6.61 Å². The van der Waals surface area contributed by atoms with Crippen molar-refractivity contribution in [3.63, 3.8) is 0 Å². The Morgan fingerprint density at radius 2 is 1.45 bits per heavy atom. The predicted molar refractivity (Wildman–Crippen MR) is 103 cm³/mol. The zero-order valence-corrected chi connectivity index (χ0v) is 18.1. The summed E-state index contributed by atoms with van der Waals surface area (Å²) in [6.07, 6.45) is 1.97. The lowest BCUT2D eigenvalue weighted by atomic mass is 10.3. The molecule has 0 amide bonds. The molecule has 0 fully saturated rings. The highest BCUT2D eigenvalue weighted by atomic mass is 28.4. The van der Waals surface area contributed by atoms with Gasteiger partial charge in [-0.25, -0.2) is 0 Å². The van der Waals surface area contributed by atoms with Crippen molar-refractivity contribution >= 4 is 16.4 Å². The summed E-state index contributed by atoms with van der Waals surface area (Å²) in [4.78, 5) is 0. The number of aliphatic hydroxyl groups excluding tert-OH is 1. The van der Waals surface area contributed by atoms with E-state index in [1.165, 1.54) is 0 Å². The van der Waals surface area contributed by atoms with Gasteiger partial charge in [-0.3, -0.25) is 0 Å². The fourth-order valence-electron chi connectivity index (χ4n) is 3.21. The molecule has 0 spiro atoms. The Morgan fingerprint density at radius 1 is 1.00 bits per heavy atom. The monoisotopic (exact) mass is 340 g/mol. The number of rotatable bonds is 7. The van der Waals surface area contributed by atoms with Crippen LogP contribution in [0.4, 0.5) is 0 Å². The lowest BCUT2D eigenvalue weighted by Gasteiger charge is -2.41. The largest absolute Gasteiger partial charge is 0.412 e. The maximum absolute atomic E-state index is 9.48. The molecule has 0 atom stereocenters. The van der Waals surface area contributed by atoms with E-state index in [4.69, 9.17) is 4.43 Å². The first-order valence-corrected chi connectivity index (χ1v) is 14.1. The molecule has 1 N–H and O–H groups in total. The van der Waals surface area contributed by atoms with E-state index >= 15 is 0 Å². The molecule has 0 aromatic heterocycles. The normalized spacial score (nSPS) is 13.8. The van der Waals surface area contributed by atoms with Gasteiger partial charge in [0.15, 0.2) is 0 Å². The summed E-state index contributed by atoms with van der Waals surface area (Å²) in [5, 5.41) is 9.48. The van der Waals surface area contributed by atoms with Gasteiger partial charge in [-0.15, -0.1) is 5.54 Å². The van der Waals surface area contributed by atoms with E-state index in [2.05, 4.69) is 72.6 Å². The summed E-state index contributed by atoms with van der Waals surface area (Å²) in [6.45, 7) is 20.9. The summed E-state index contributed by atoms with van der Waals surface area (Å²) in [7, 11) is -3.24. The lowest BCUT2D eigenvalue weighted by Crippen LogP contribution is -2.47. The number of hydrogen-bond donors (Lipinski definition) is 1. The molecule has 0 aliphatic carbocycles. The second-order valence-electron chi connectivity index (χ2n) is 8.02. The molecule has 0 aromatic rings. The first-order valence-electron chi connectivity index (χ1n) is 8.44. The Balaban J connectivity index is 5.13. The van der Waals surface area contributed by atoms with E-state index in [1.54, 1.807) is 0 Å². The van der Waals surface area contributed by atoms with Crippen LogP contribution in [0.25, 0.3) is 0 Å². The van der Waals surface area contributed by atoms with Crippen LogP contribution in [0.2, 0.25) is 36.3 Å². The first-order chi connectivity index (χ1) is 9.97. The second-order valence-corrected chi connectivity index (χ2v) is 18.2. The zero-order chi connectivity index (χ0) is 17.6. The zero-order valence-electron chi connectivity index (χ0n) is 16.1. The van der Waals surface area contributed by atoms with Crippen molar-refractivity contribution in [1.82, 2.24) is 0 Å². The highest BCUT2D eigenvalue weighted by Gasteiger charge is 2.44. The molecule has 0 saturated heterocycles. The molecule has 22 heavy (non-hydrogen) atoms. The van der Waals surface area contributed by atoms with E-state index in [0.29, 0.717) is 23.2 Å². The van der Waals surface area contributed by atoms with Crippen LogP contribution in [0.5, 0.6) is 0 Å². The van der Waals surface area contributed by atoms with Crippen molar-refractivity contribution in [3.8, 4) is 11.5 Å². The molecule has 0 aliphatic heterocycles. The molecule has 0 radical (unpaired) electrons. The van der Waals surface area contributed by atoms with Crippen LogP contribution in [0, 0.1) is 11.5 Å². The summed E-state index contributed by atoms with van der Waals surface area (Å²) < 4.78 is 6.47. The van der Waals surface area contributed by atoms with E-state index in [1.807, 2.05) is 6.08 Å². The minimum Gasteiger partial charge on any atom is -0.412 e. The standard InChI is InChI=1S/C18H36O2Si2/c1-15(2)22(16(3)4,17(5)6)20-12-10-18(14-19)11-13-21(7,8)9/h10,15-17,19H,12,14H2,1-9H3/b18-10-. The minimum atomic E-state index is -1.83. The van der Waals surface area contributed by atoms with Crippen LogP contribution in [0.1, 0.15) is 41.5 Å². The molecule has 2 nitrogen and oxygen atoms in total. The number of hydrogen-bond acceptors (Lipinski definition) is 2. The molecular weight excluding hydrogens is 304 g/mol. The SMILES string of the molecule is CC(C)[Si](OC/C=C(/C#C[Si](C)(C)C)CO)(C(C)C)C(C)C. The topological polar surface area (TPSA) is 29.5 Å². The van der Waals surface area contributed by atoms with E-state index in [9.17, 15) is 5.11 Å². The van der Waals surface area contributed by atoms with Gasteiger partial charge in [0.25, 0.3) is 0 Å². The van der Waals surface area contributed by atoms with E-state index in [0.717, 1.165) is 5.57 Å². The summed E-state index contributed by atoms with van der Waals surface area (Å²) in [5.74, 6) is 3.14. The predicted octanol–water partition coefficient (Wildman–Crippen LogP) is 4.98. The Hall–Kier alpha value is -0.346. The van der Waals surface area contributed by atoms with Crippen LogP contribution in [-0.4, -0.2) is 34.7 Å². The highest BCUT2D eigenvalue weighted by Crippen LogP contribution is 2.42. The van der Waals surface area contributed by atoms with Gasteiger partial charge < -0.3 is 9.53 Å². The molecule has 0 rings (SSSR count). The Kier molecular flexibility index (Phi) is 8.93. The van der Waals surface area contributed by atoms with Crippen molar-refractivity contribution in [3.05, 3.63) is 11.6 Å². The summed E-state index contributed by atoms with van der Waals surface area (Å²) in [6, 6.07) is 0. The Morgan fingerprint density at radius 3 is 1.77 bits per heavy atom. The van der Waals surface area contributed by atoms with Crippen molar-refractivity contribution in [1.29, 1.82) is 0 Å². The molecular formula is C18H36O2Si2. The van der Waals surface area contributed by atoms with Crippen LogP contribution in [-0.2, 0) is 4.43 Å². The molecule has 128 valence electrons. The lowest BCUT2D eigenvalue weighted by molar-refractivity contribution is 0.309. The molecule has 4 heteroatoms. The van der Waals surface area contributed by atoms with Gasteiger partial charge in [-0.2, -0.15) is 0 Å². The van der Waals surface area contributed by atoms with Gasteiger partial charge in [0.1, 0.15) is 8.07 Å². The first kappa shape index (κ1) is 21.7. The number of aliphatic hydroxyl groups is 1. The van der Waals surface area contributed by atoms with Crippen molar-refractivity contribution in [2.75, 3.05) is 13.2 Å². The van der Waals surface area contributed by atoms with Gasteiger partial charge >= 0.3 is 0 Å². The third-order valence-electron chi connectivity index (χ3n) is 4.14. The molecule has 0 saturated carbocycles. The molecule has 0 aliphatic rings. The van der Waals surface area contributed by atoms with Crippen LogP contribution < -0.4 is 0 Å². The van der Waals surface area contributed by atoms with Gasteiger partial charge in [0.2, 0.25) is 8.32 Å². The van der Waals surface area contributed by atoms with Gasteiger partial charge in [0.05, 0.1) is 13.2 Å². The minimum absolute atomic E-state index is 0.000428. The highest BCUT2D eigenvalue weighted by molar-refractivity contribution is 6.83. The molecule has 0 bridgehead atoms. The van der Waals surface area contributed by atoms with Gasteiger partial charge in [-0.1, -0.05) is 67.1 Å². The fraction of sp³-hybridized carbons (Fsp3) is 0.778.